The van der Waals surface area contributed by atoms with Crippen molar-refractivity contribution in [3.63, 3.8) is 0 Å². The quantitative estimate of drug-likeness (QED) is 0.350. The van der Waals surface area contributed by atoms with Gasteiger partial charge in [-0.3, -0.25) is 9.59 Å². The number of hydrogen-bond acceptors (Lipinski definition) is 7. The first-order valence-electron chi connectivity index (χ1n) is 11.2. The lowest BCUT2D eigenvalue weighted by molar-refractivity contribution is -0.163. The Morgan fingerprint density at radius 2 is 1.69 bits per heavy atom. The molecule has 1 aliphatic rings. The Kier molecular flexibility index (Phi) is 8.43. The minimum Gasteiger partial charge on any atom is -0.480 e. The number of carboxylic acids is 1. The summed E-state index contributed by atoms with van der Waals surface area (Å²) >= 11 is 0. The fraction of sp³-hybridized carbons (Fsp3) is 0.296. The third-order valence-corrected chi connectivity index (χ3v) is 6.01. The van der Waals surface area contributed by atoms with E-state index in [-0.39, 0.29) is 13.2 Å². The number of anilines is 1. The summed E-state index contributed by atoms with van der Waals surface area (Å²) in [6.45, 7) is 7.02. The molecule has 1 aliphatic heterocycles. The fourth-order valence-corrected chi connectivity index (χ4v) is 3.63. The van der Waals surface area contributed by atoms with Crippen LogP contribution in [-0.2, 0) is 24.5 Å². The highest BCUT2D eigenvalue weighted by Gasteiger charge is 2.47. The summed E-state index contributed by atoms with van der Waals surface area (Å²) in [6.07, 6.45) is 1.91. The largest absolute Gasteiger partial charge is 0.480 e. The van der Waals surface area contributed by atoms with Gasteiger partial charge in [0.25, 0.3) is 6.47 Å². The molecule has 2 aromatic carbocycles. The minimum absolute atomic E-state index is 0.223. The molecule has 0 atom stereocenters. The van der Waals surface area contributed by atoms with Crippen molar-refractivity contribution in [1.29, 1.82) is 0 Å². The van der Waals surface area contributed by atoms with Gasteiger partial charge in [0, 0.05) is 12.6 Å². The number of carbonyl (C=O) groups is 2. The molecule has 4 rings (SSSR count). The third kappa shape index (κ3) is 5.60. The molecular weight excluding hydrogens is 448 g/mol. The topological polar surface area (TPSA) is 111 Å². The van der Waals surface area contributed by atoms with Crippen LogP contribution in [0.5, 0.6) is 0 Å². The molecule has 184 valence electrons. The number of aryl methyl sites for hydroxylation is 1. The zero-order valence-electron chi connectivity index (χ0n) is 20.3. The zero-order valence-corrected chi connectivity index (χ0v) is 20.3. The van der Waals surface area contributed by atoms with Crippen LogP contribution in [0.25, 0.3) is 22.5 Å². The number of nitrogens with zero attached hydrogens (tertiary/aromatic N) is 1. The molecule has 1 saturated heterocycles. The van der Waals surface area contributed by atoms with Crippen LogP contribution < -0.4 is 5.32 Å². The van der Waals surface area contributed by atoms with E-state index in [1.807, 2.05) is 82.4 Å². The van der Waals surface area contributed by atoms with Crippen molar-refractivity contribution in [2.75, 3.05) is 32.2 Å². The van der Waals surface area contributed by atoms with Crippen molar-refractivity contribution in [2.45, 2.75) is 26.2 Å². The first-order chi connectivity index (χ1) is 16.9. The molecule has 8 nitrogen and oxygen atoms in total. The van der Waals surface area contributed by atoms with Gasteiger partial charge in [-0.1, -0.05) is 59.8 Å². The molecule has 0 amide bonds. The standard InChI is InChI=1S/C21H20N2O4.C6H10O2/c1-13-18(22-2)19(27-23-13)16-5-3-14(4-6-16)15-7-9-17(10-8-15)21(20(24)25)11-26-12-21;1-3-6(2)4-8-5-7/h3-10,22H,11-12H2,1-2H3,(H,24,25);3,5H,4H2,1-2H3/b;6-3+. The lowest BCUT2D eigenvalue weighted by Crippen LogP contribution is -2.53. The summed E-state index contributed by atoms with van der Waals surface area (Å²) in [6, 6.07) is 15.7. The first-order valence-corrected chi connectivity index (χ1v) is 11.2. The molecule has 0 bridgehead atoms. The van der Waals surface area contributed by atoms with Crippen LogP contribution in [0.3, 0.4) is 0 Å². The van der Waals surface area contributed by atoms with E-state index in [1.54, 1.807) is 0 Å². The molecule has 0 unspecified atom stereocenters. The van der Waals surface area contributed by atoms with E-state index in [4.69, 9.17) is 9.26 Å². The number of aliphatic carboxylic acids is 1. The second-order valence-corrected chi connectivity index (χ2v) is 8.30. The van der Waals surface area contributed by atoms with Crippen LogP contribution in [-0.4, -0.2) is 49.6 Å². The highest BCUT2D eigenvalue weighted by Crippen LogP contribution is 2.35. The van der Waals surface area contributed by atoms with E-state index in [0.717, 1.165) is 39.2 Å². The van der Waals surface area contributed by atoms with Gasteiger partial charge >= 0.3 is 5.97 Å². The zero-order chi connectivity index (χ0) is 25.4. The van der Waals surface area contributed by atoms with Crippen molar-refractivity contribution in [1.82, 2.24) is 5.16 Å². The Hall–Kier alpha value is -3.91. The van der Waals surface area contributed by atoms with E-state index in [9.17, 15) is 14.7 Å². The molecule has 35 heavy (non-hydrogen) atoms. The van der Waals surface area contributed by atoms with Gasteiger partial charge in [-0.15, -0.1) is 0 Å². The van der Waals surface area contributed by atoms with Crippen LogP contribution in [0.2, 0.25) is 0 Å². The summed E-state index contributed by atoms with van der Waals surface area (Å²) in [4.78, 5) is 21.2. The number of rotatable bonds is 8. The van der Waals surface area contributed by atoms with Crippen LogP contribution in [0.1, 0.15) is 25.1 Å². The van der Waals surface area contributed by atoms with Crippen LogP contribution >= 0.6 is 0 Å². The Balaban J connectivity index is 0.000000371. The molecule has 2 heterocycles. The monoisotopic (exact) mass is 478 g/mol. The number of allylic oxidation sites excluding steroid dienone is 1. The van der Waals surface area contributed by atoms with Gasteiger partial charge in [-0.2, -0.15) is 0 Å². The highest BCUT2D eigenvalue weighted by molar-refractivity contribution is 5.83. The number of hydrogen-bond donors (Lipinski definition) is 2. The maximum atomic E-state index is 11.6. The Bertz CT molecular complexity index is 1180. The normalized spacial score (nSPS) is 14.2. The predicted octanol–water partition coefficient (Wildman–Crippen LogP) is 4.84. The molecular formula is C27H30N2O6. The first kappa shape index (κ1) is 25.7. The van der Waals surface area contributed by atoms with Gasteiger partial charge in [0.05, 0.1) is 13.2 Å². The summed E-state index contributed by atoms with van der Waals surface area (Å²) in [5, 5.41) is 16.6. The van der Waals surface area contributed by atoms with Crippen molar-refractivity contribution in [3.8, 4) is 22.5 Å². The molecule has 0 radical (unpaired) electrons. The van der Waals surface area contributed by atoms with Crippen molar-refractivity contribution < 1.29 is 28.7 Å². The second kappa shape index (κ2) is 11.5. The summed E-state index contributed by atoms with van der Waals surface area (Å²) in [7, 11) is 1.84. The van der Waals surface area contributed by atoms with Crippen LogP contribution in [0.4, 0.5) is 5.69 Å². The SMILES string of the molecule is C/C=C(\C)COC=O.CNc1c(C)noc1-c1ccc(-c2ccc(C3(C(=O)O)COC3)cc2)cc1. The number of benzene rings is 2. The maximum Gasteiger partial charge on any atom is 0.318 e. The van der Waals surface area contributed by atoms with E-state index in [2.05, 4.69) is 15.2 Å². The third-order valence-electron chi connectivity index (χ3n) is 6.01. The fourth-order valence-electron chi connectivity index (χ4n) is 3.63. The summed E-state index contributed by atoms with van der Waals surface area (Å²) < 4.78 is 15.0. The molecule has 1 aromatic heterocycles. The molecule has 2 N–H and O–H groups in total. The number of carboxylic acid groups (broad SMARTS) is 1. The van der Waals surface area contributed by atoms with Gasteiger partial charge in [-0.25, -0.2) is 0 Å². The average molecular weight is 479 g/mol. The lowest BCUT2D eigenvalue weighted by Gasteiger charge is -2.37. The summed E-state index contributed by atoms with van der Waals surface area (Å²) in [5.41, 5.74) is 5.64. The molecule has 3 aromatic rings. The summed E-state index contributed by atoms with van der Waals surface area (Å²) in [5.74, 6) is -0.126. The van der Waals surface area contributed by atoms with Gasteiger partial charge < -0.3 is 24.4 Å². The van der Waals surface area contributed by atoms with E-state index >= 15 is 0 Å². The maximum absolute atomic E-state index is 11.6. The average Bonchev–Trinajstić information content (AvgIpc) is 3.22. The Morgan fingerprint density at radius 3 is 2.14 bits per heavy atom. The van der Waals surface area contributed by atoms with Crippen molar-refractivity contribution in [3.05, 3.63) is 71.4 Å². The van der Waals surface area contributed by atoms with Gasteiger partial charge in [0.2, 0.25) is 0 Å². The molecule has 8 heteroatoms. The molecule has 0 aliphatic carbocycles. The van der Waals surface area contributed by atoms with Gasteiger partial charge in [0.1, 0.15) is 23.4 Å². The molecule has 0 spiro atoms. The van der Waals surface area contributed by atoms with E-state index < -0.39 is 11.4 Å². The van der Waals surface area contributed by atoms with Crippen LogP contribution in [0, 0.1) is 6.92 Å². The Morgan fingerprint density at radius 1 is 1.11 bits per heavy atom. The molecule has 1 fully saturated rings. The van der Waals surface area contributed by atoms with E-state index in [1.165, 1.54) is 0 Å². The number of nitrogens with one attached hydrogen (secondary N) is 1. The second-order valence-electron chi connectivity index (χ2n) is 8.30. The number of ether oxygens (including phenoxy) is 2. The Labute approximate surface area is 204 Å². The van der Waals surface area contributed by atoms with Crippen molar-refractivity contribution in [2.24, 2.45) is 0 Å². The van der Waals surface area contributed by atoms with E-state index in [0.29, 0.717) is 18.8 Å². The lowest BCUT2D eigenvalue weighted by atomic mass is 9.78. The van der Waals surface area contributed by atoms with Crippen LogP contribution in [0.15, 0.2) is 64.7 Å². The van der Waals surface area contributed by atoms with Crippen molar-refractivity contribution >= 4 is 18.1 Å². The smallest absolute Gasteiger partial charge is 0.318 e. The highest BCUT2D eigenvalue weighted by atomic mass is 16.5. The van der Waals surface area contributed by atoms with Gasteiger partial charge in [-0.05, 0) is 43.0 Å². The molecule has 0 saturated carbocycles. The number of carbonyl (C=O) groups excluding carboxylic acids is 1. The number of aromatic nitrogens is 1. The minimum atomic E-state index is -0.907. The predicted molar refractivity (Wildman–Crippen MR) is 133 cm³/mol. The van der Waals surface area contributed by atoms with Gasteiger partial charge in [0.15, 0.2) is 5.76 Å².